The van der Waals surface area contributed by atoms with E-state index in [0.717, 1.165) is 109 Å². The first kappa shape index (κ1) is 79.2. The van der Waals surface area contributed by atoms with Crippen LogP contribution < -0.4 is 0 Å². The highest BCUT2D eigenvalue weighted by Gasteiger charge is 2.47. The van der Waals surface area contributed by atoms with E-state index in [1.807, 2.05) is 80.9 Å². The number of rotatable bonds is 19. The van der Waals surface area contributed by atoms with Crippen LogP contribution in [-0.4, -0.2) is 57.7 Å². The molecule has 3 aromatic heterocycles. The van der Waals surface area contributed by atoms with Crippen LogP contribution in [0, 0.1) is 18.3 Å². The smallest absolute Gasteiger partial charge is 0.201 e. The van der Waals surface area contributed by atoms with Crippen molar-refractivity contribution in [3.8, 4) is 12.3 Å². The van der Waals surface area contributed by atoms with E-state index in [1.54, 1.807) is 36.0 Å². The zero-order valence-electron chi connectivity index (χ0n) is 62.6. The molecule has 540 valence electrons. The van der Waals surface area contributed by atoms with Gasteiger partial charge in [-0.25, -0.2) is 4.98 Å². The summed E-state index contributed by atoms with van der Waals surface area (Å²) < 4.78 is 58.9. The van der Waals surface area contributed by atoms with Crippen molar-refractivity contribution in [2.24, 2.45) is 5.92 Å². The maximum atomic E-state index is 6.82. The highest BCUT2D eigenvalue weighted by molar-refractivity contribution is 7.17. The van der Waals surface area contributed by atoms with E-state index in [9.17, 15) is 0 Å². The summed E-state index contributed by atoms with van der Waals surface area (Å²) in [4.78, 5) is 8.88. The molecule has 4 unspecified atom stereocenters. The van der Waals surface area contributed by atoms with Gasteiger partial charge in [0.2, 0.25) is 8.32 Å². The first-order valence-corrected chi connectivity index (χ1v) is 40.0. The summed E-state index contributed by atoms with van der Waals surface area (Å²) in [6, 6.07) is 37.1. The lowest BCUT2D eigenvalue weighted by Crippen LogP contribution is -2.50. The summed E-state index contributed by atoms with van der Waals surface area (Å²) in [5.74, 6) is 10.9. The molecule has 0 spiro atoms. The van der Waals surface area contributed by atoms with E-state index in [-0.39, 0.29) is 12.2 Å². The zero-order chi connectivity index (χ0) is 72.8. The molecule has 0 bridgehead atoms. The molecule has 4 atom stereocenters. The highest BCUT2D eigenvalue weighted by atomic mass is 35.5. The predicted octanol–water partition coefficient (Wildman–Crippen LogP) is 23.2. The van der Waals surface area contributed by atoms with Crippen LogP contribution in [0.1, 0.15) is 206 Å². The number of furan rings is 1. The van der Waals surface area contributed by atoms with Crippen LogP contribution in [0.4, 0.5) is 0 Å². The number of benzene rings is 4. The third-order valence-electron chi connectivity index (χ3n) is 19.1. The van der Waals surface area contributed by atoms with Gasteiger partial charge in [0.15, 0.2) is 5.76 Å². The molecular weight excluding hydrogens is 1340 g/mol. The maximum Gasteiger partial charge on any atom is 0.201 e. The van der Waals surface area contributed by atoms with Crippen molar-refractivity contribution in [1.29, 1.82) is 0 Å². The fourth-order valence-corrected chi connectivity index (χ4v) is 20.6. The standard InChI is InChI=1S/C20H32O2Si.C17H18O3.C14H14O2.C13H17ClOS.C11H12O.C10H14N2OS/c1-14(2)23(15(3)4,16(5)6)22-17(7)20-12-18-10-8-9-11-19(18)13-21-20;1-12-16(20-11-15-8-9-18-17(12)15)13(2)19-10-14-6-4-3-5-7-14;1-4-10-6-7-11-9-16-13(5-2)14(15-3)12(11)8-10;1-3-4-5-9(2)11-7-12-10(8-15-11)6-13(14)16-12;1-2-11-7-9-5-3-4-6-10(9)8-12-11;1-7(12(2)3)9-4-10-8(5-13-9)11-6-14-10/h8-12,14-17H,13H2,1-7H3;3-9,13H,10-11H2,1-2H3;1,6-8H,5,9H2,2-3H3;6-7,9H,3-5,8H2,1-2H3;3-7H,2,8H2,1H3;4,6-7H,5H2,1-3H3. The summed E-state index contributed by atoms with van der Waals surface area (Å²) in [5, 5.41) is 0. The number of thiophene rings is 1. The number of allylic oxidation sites excluding steroid dienone is 4. The number of methoxy groups -OCH3 is 1. The van der Waals surface area contributed by atoms with E-state index in [0.29, 0.717) is 68.2 Å². The lowest BCUT2D eigenvalue weighted by atomic mass is 10.00. The Bertz CT molecular complexity index is 4030. The van der Waals surface area contributed by atoms with Crippen molar-refractivity contribution >= 4 is 78.2 Å². The molecule has 12 nitrogen and oxygen atoms in total. The average Bonchev–Trinajstić information content (AvgIpc) is 1.52. The van der Waals surface area contributed by atoms with Crippen LogP contribution in [0.5, 0.6) is 0 Å². The first-order valence-electron chi connectivity index (χ1n) is 35.8. The number of fused-ring (bicyclic) bond motifs is 6. The molecule has 0 amide bonds. The Balaban J connectivity index is 0.000000156. The molecule has 101 heavy (non-hydrogen) atoms. The molecular formula is C85H107ClN2O10S2Si. The summed E-state index contributed by atoms with van der Waals surface area (Å²) >= 11 is 9.31. The minimum Gasteiger partial charge on any atom is -0.493 e. The third kappa shape index (κ3) is 21.1. The number of nitrogens with zero attached hydrogens (tertiary/aromatic N) is 2. The SMILES string of the molecule is C#Cc1ccc2c(c1)C(OC)=C(CC)OC2.CC(C1=Cc2scnc2CO1)N(C)C.CC(O[Si](C(C)C)(C(C)C)C(C)C)C1=Cc2ccccc2CO1.CC1=C(C(C)OCc2ccccc2)OCc2ccoc21.CCC1=Cc2ccccc2CO1.CCCCC(C)C1=Cc2sc(Cl)cc2CO1. The Kier molecular flexibility index (Phi) is 30.3. The predicted molar refractivity (Wildman–Crippen MR) is 419 cm³/mol. The quantitative estimate of drug-likeness (QED) is 0.0568. The molecule has 7 aromatic rings. The summed E-state index contributed by atoms with van der Waals surface area (Å²) in [7, 11) is 3.88. The number of ether oxygens (including phenoxy) is 8. The van der Waals surface area contributed by atoms with Gasteiger partial charge in [-0.3, -0.25) is 4.90 Å². The fraction of sp³-hybridized carbons (Fsp3) is 0.424. The van der Waals surface area contributed by atoms with Gasteiger partial charge >= 0.3 is 0 Å². The second kappa shape index (κ2) is 38.7. The van der Waals surface area contributed by atoms with Crippen LogP contribution in [0.3, 0.4) is 0 Å². The van der Waals surface area contributed by atoms with Gasteiger partial charge in [-0.1, -0.05) is 185 Å². The van der Waals surface area contributed by atoms with Gasteiger partial charge in [0.25, 0.3) is 0 Å². The van der Waals surface area contributed by atoms with E-state index >= 15 is 0 Å². The monoisotopic (exact) mass is 1440 g/mol. The minimum atomic E-state index is -1.89. The van der Waals surface area contributed by atoms with E-state index in [4.69, 9.17) is 64.8 Å². The molecule has 6 aliphatic rings. The third-order valence-corrected chi connectivity index (χ3v) is 27.3. The Morgan fingerprint density at radius 2 is 1.26 bits per heavy atom. The van der Waals surface area contributed by atoms with Crippen molar-refractivity contribution in [3.63, 3.8) is 0 Å². The fourth-order valence-electron chi connectivity index (χ4n) is 13.1. The first-order chi connectivity index (χ1) is 48.6. The molecule has 0 aliphatic carbocycles. The van der Waals surface area contributed by atoms with Crippen molar-refractivity contribution in [2.75, 3.05) is 21.2 Å². The Morgan fingerprint density at radius 3 is 1.91 bits per heavy atom. The number of halogens is 1. The van der Waals surface area contributed by atoms with Crippen LogP contribution in [0.15, 0.2) is 160 Å². The molecule has 9 heterocycles. The van der Waals surface area contributed by atoms with E-state index < -0.39 is 8.32 Å². The Morgan fingerprint density at radius 1 is 0.634 bits per heavy atom. The van der Waals surface area contributed by atoms with Crippen molar-refractivity contribution in [2.45, 2.75) is 210 Å². The second-order valence-electron chi connectivity index (χ2n) is 27.1. The zero-order valence-corrected chi connectivity index (χ0v) is 66.0. The molecule has 0 saturated carbocycles. The van der Waals surface area contributed by atoms with E-state index in [2.05, 4.69) is 185 Å². The lowest BCUT2D eigenvalue weighted by molar-refractivity contribution is 0.0251. The van der Waals surface area contributed by atoms with Gasteiger partial charge in [0, 0.05) is 57.0 Å². The number of hydrogen-bond donors (Lipinski definition) is 0. The lowest BCUT2D eigenvalue weighted by Gasteiger charge is -2.44. The molecule has 0 radical (unpaired) electrons. The summed E-state index contributed by atoms with van der Waals surface area (Å²) in [6.45, 7) is 35.3. The largest absolute Gasteiger partial charge is 0.493 e. The number of hydrogen-bond acceptors (Lipinski definition) is 14. The van der Waals surface area contributed by atoms with Gasteiger partial charge in [-0.05, 0) is 141 Å². The molecule has 6 aliphatic heterocycles. The van der Waals surface area contributed by atoms with Crippen molar-refractivity contribution in [3.05, 3.63) is 237 Å². The second-order valence-corrected chi connectivity index (χ2v) is 35.1. The molecule has 0 saturated heterocycles. The van der Waals surface area contributed by atoms with Gasteiger partial charge in [0.05, 0.1) is 58.3 Å². The Labute approximate surface area is 617 Å². The summed E-state index contributed by atoms with van der Waals surface area (Å²) in [6.07, 6.45) is 21.1. The summed E-state index contributed by atoms with van der Waals surface area (Å²) in [5.41, 5.74) is 17.3. The van der Waals surface area contributed by atoms with Gasteiger partial charge in [0.1, 0.15) is 80.3 Å². The van der Waals surface area contributed by atoms with Crippen LogP contribution in [-0.2, 0) is 88.6 Å². The molecule has 0 fully saturated rings. The highest BCUT2D eigenvalue weighted by Crippen LogP contribution is 2.45. The maximum absolute atomic E-state index is 6.82. The van der Waals surface area contributed by atoms with Crippen LogP contribution >= 0.6 is 34.3 Å². The van der Waals surface area contributed by atoms with Crippen LogP contribution in [0.2, 0.25) is 21.0 Å². The number of terminal acetylenes is 1. The van der Waals surface area contributed by atoms with Crippen molar-refractivity contribution in [1.82, 2.24) is 9.88 Å². The minimum absolute atomic E-state index is 0.0159. The van der Waals surface area contributed by atoms with Crippen molar-refractivity contribution < 1.29 is 46.7 Å². The molecule has 0 N–H and O–H groups in total. The molecule has 4 aromatic carbocycles. The molecule has 13 rings (SSSR count). The van der Waals surface area contributed by atoms with Crippen LogP contribution in [0.25, 0.3) is 35.6 Å². The van der Waals surface area contributed by atoms with E-state index in [1.165, 1.54) is 56.8 Å². The normalized spacial score (nSPS) is 15.7. The number of likely N-dealkylation sites (N-methyl/N-ethyl adjacent to an activating group) is 1. The topological polar surface area (TPSA) is 112 Å². The van der Waals surface area contributed by atoms with Gasteiger partial charge in [-0.2, -0.15) is 0 Å². The number of thiazole rings is 1. The van der Waals surface area contributed by atoms with Gasteiger partial charge < -0.3 is 46.7 Å². The number of aromatic nitrogens is 1. The molecule has 16 heteroatoms. The Hall–Kier alpha value is -7.52. The van der Waals surface area contributed by atoms with Gasteiger partial charge in [-0.15, -0.1) is 29.1 Å². The average molecular weight is 1440 g/mol. The number of unbranched alkanes of at least 4 members (excludes halogenated alkanes) is 1.